The first-order valence-corrected chi connectivity index (χ1v) is 15.9. The Kier molecular flexibility index (Phi) is 6.22. The average molecular weight is 611 g/mol. The Labute approximate surface area is 277 Å². The van der Waals surface area contributed by atoms with Crippen molar-refractivity contribution in [2.24, 2.45) is 0 Å². The monoisotopic (exact) mass is 610 g/mol. The van der Waals surface area contributed by atoms with Crippen molar-refractivity contribution in [1.29, 1.82) is 10.5 Å². The fourth-order valence-corrected chi connectivity index (χ4v) is 7.34. The van der Waals surface area contributed by atoms with Crippen LogP contribution in [0.25, 0.3) is 77.2 Å². The lowest BCUT2D eigenvalue weighted by atomic mass is 9.96. The Bertz CT molecular complexity index is 2760. The first-order valence-electron chi connectivity index (χ1n) is 15.9. The summed E-state index contributed by atoms with van der Waals surface area (Å²) >= 11 is 0. The minimum absolute atomic E-state index is 0.617. The van der Waals surface area contributed by atoms with Crippen LogP contribution in [0.3, 0.4) is 0 Å². The lowest BCUT2D eigenvalue weighted by Gasteiger charge is -2.17. The summed E-state index contributed by atoms with van der Waals surface area (Å²) in [6.07, 6.45) is 0. The highest BCUT2D eigenvalue weighted by Gasteiger charge is 2.19. The highest BCUT2D eigenvalue weighted by molar-refractivity contribution is 6.11. The van der Waals surface area contributed by atoms with Gasteiger partial charge in [0.05, 0.1) is 38.9 Å². The summed E-state index contributed by atoms with van der Waals surface area (Å²) in [6.45, 7) is 0. The fourth-order valence-electron chi connectivity index (χ4n) is 7.34. The van der Waals surface area contributed by atoms with Crippen molar-refractivity contribution in [2.75, 3.05) is 0 Å². The van der Waals surface area contributed by atoms with Crippen LogP contribution in [-0.4, -0.2) is 9.13 Å². The molecule has 4 nitrogen and oxygen atoms in total. The summed E-state index contributed by atoms with van der Waals surface area (Å²) in [5, 5.41) is 24.9. The van der Waals surface area contributed by atoms with Crippen molar-refractivity contribution in [3.05, 3.63) is 169 Å². The molecule has 0 bridgehead atoms. The Morgan fingerprint density at radius 2 is 0.896 bits per heavy atom. The molecule has 0 radical (unpaired) electrons. The van der Waals surface area contributed by atoms with Crippen molar-refractivity contribution in [3.63, 3.8) is 0 Å². The molecule has 48 heavy (non-hydrogen) atoms. The topological polar surface area (TPSA) is 57.4 Å². The Hall–Kier alpha value is -6.88. The summed E-state index contributed by atoms with van der Waals surface area (Å²) in [5.41, 5.74) is 11.4. The van der Waals surface area contributed by atoms with E-state index in [1.165, 1.54) is 0 Å². The first-order chi connectivity index (χ1) is 23.7. The number of nitriles is 2. The molecule has 0 aliphatic carbocycles. The van der Waals surface area contributed by atoms with E-state index < -0.39 is 0 Å². The molecule has 9 aromatic rings. The van der Waals surface area contributed by atoms with Crippen LogP contribution < -0.4 is 0 Å². The van der Waals surface area contributed by atoms with Gasteiger partial charge in [-0.1, -0.05) is 109 Å². The van der Waals surface area contributed by atoms with Gasteiger partial charge >= 0.3 is 0 Å². The quantitative estimate of drug-likeness (QED) is 0.199. The van der Waals surface area contributed by atoms with Gasteiger partial charge < -0.3 is 9.13 Å². The van der Waals surface area contributed by atoms with Gasteiger partial charge in [0.15, 0.2) is 0 Å². The summed E-state index contributed by atoms with van der Waals surface area (Å²) in [6, 6.07) is 58.9. The first kappa shape index (κ1) is 27.4. The lowest BCUT2D eigenvalue weighted by Crippen LogP contribution is -2.01. The smallest absolute Gasteiger partial charge is 0.101 e. The molecule has 0 unspecified atom stereocenters. The zero-order valence-electron chi connectivity index (χ0n) is 25.8. The predicted molar refractivity (Wildman–Crippen MR) is 195 cm³/mol. The summed E-state index contributed by atoms with van der Waals surface area (Å²) in [7, 11) is 0. The second kappa shape index (κ2) is 10.9. The van der Waals surface area contributed by atoms with Crippen LogP contribution in [0.5, 0.6) is 0 Å². The second-order valence-corrected chi connectivity index (χ2v) is 12.0. The Balaban J connectivity index is 1.24. The molecule has 0 aliphatic rings. The van der Waals surface area contributed by atoms with Gasteiger partial charge in [-0.2, -0.15) is 10.5 Å². The molecule has 2 aromatic heterocycles. The number of aromatic nitrogens is 2. The van der Waals surface area contributed by atoms with E-state index in [0.29, 0.717) is 11.1 Å². The van der Waals surface area contributed by atoms with Crippen LogP contribution >= 0.6 is 0 Å². The molecule has 9 rings (SSSR count). The summed E-state index contributed by atoms with van der Waals surface area (Å²) in [4.78, 5) is 0. The third kappa shape index (κ3) is 4.07. The number of benzene rings is 7. The minimum atomic E-state index is 0.617. The molecule has 0 saturated heterocycles. The fraction of sp³-hybridized carbons (Fsp3) is 0. The van der Waals surface area contributed by atoms with E-state index in [0.717, 1.165) is 77.2 Å². The zero-order valence-corrected chi connectivity index (χ0v) is 25.8. The molecular formula is C44H26N4. The molecule has 222 valence electrons. The van der Waals surface area contributed by atoms with Gasteiger partial charge in [-0.3, -0.25) is 0 Å². The third-order valence-corrected chi connectivity index (χ3v) is 9.39. The summed E-state index contributed by atoms with van der Waals surface area (Å²) < 4.78 is 4.44. The normalized spacial score (nSPS) is 11.3. The SMILES string of the molecule is N#Cc1cccc(-c2cccc(-c3cccc(-n4c5ccccc5c5cccc(C#N)c54)c3)c2)c1-n1c2ccccc2c2ccccc21. The molecule has 0 atom stereocenters. The largest absolute Gasteiger partial charge is 0.308 e. The number of hydrogen-bond donors (Lipinski definition) is 0. The Morgan fingerprint density at radius 1 is 0.396 bits per heavy atom. The van der Waals surface area contributed by atoms with E-state index in [-0.39, 0.29) is 0 Å². The molecule has 0 fully saturated rings. The number of para-hydroxylation sites is 5. The van der Waals surface area contributed by atoms with Crippen LogP contribution in [0.4, 0.5) is 0 Å². The molecule has 4 heteroatoms. The second-order valence-electron chi connectivity index (χ2n) is 12.0. The number of rotatable bonds is 4. The highest BCUT2D eigenvalue weighted by atomic mass is 15.0. The highest BCUT2D eigenvalue weighted by Crippen LogP contribution is 2.39. The molecule has 0 N–H and O–H groups in total. The van der Waals surface area contributed by atoms with E-state index in [1.54, 1.807) is 0 Å². The summed E-state index contributed by atoms with van der Waals surface area (Å²) in [5.74, 6) is 0. The van der Waals surface area contributed by atoms with Crippen molar-refractivity contribution in [3.8, 4) is 45.8 Å². The van der Waals surface area contributed by atoms with Gasteiger partial charge in [-0.05, 0) is 65.2 Å². The number of fused-ring (bicyclic) bond motifs is 6. The van der Waals surface area contributed by atoms with Gasteiger partial charge in [-0.15, -0.1) is 0 Å². The standard InChI is InChI=1S/C44H26N4/c45-27-32-14-9-20-35(43(32)48-41-23-5-1-17-36(41)37-18-2-6-24-42(37)48)31-13-7-11-29(25-31)30-12-8-16-34(26-30)47-40-22-4-3-19-38(40)39-21-10-15-33(28-46)44(39)47/h1-26H. The van der Waals surface area contributed by atoms with Crippen LogP contribution in [0, 0.1) is 22.7 Å². The van der Waals surface area contributed by atoms with E-state index in [2.05, 4.69) is 143 Å². The van der Waals surface area contributed by atoms with E-state index in [9.17, 15) is 10.5 Å². The molecule has 0 saturated carbocycles. The number of nitrogens with zero attached hydrogens (tertiary/aromatic N) is 4. The van der Waals surface area contributed by atoms with Crippen molar-refractivity contribution in [2.45, 2.75) is 0 Å². The molecule has 0 amide bonds. The lowest BCUT2D eigenvalue weighted by molar-refractivity contribution is 1.17. The Morgan fingerprint density at radius 3 is 1.58 bits per heavy atom. The van der Waals surface area contributed by atoms with Gasteiger partial charge in [0.1, 0.15) is 12.1 Å². The third-order valence-electron chi connectivity index (χ3n) is 9.39. The molecule has 0 aliphatic heterocycles. The van der Waals surface area contributed by atoms with Gasteiger partial charge in [0, 0.05) is 32.8 Å². The maximum absolute atomic E-state index is 10.4. The average Bonchev–Trinajstić information content (AvgIpc) is 3.68. The maximum Gasteiger partial charge on any atom is 0.101 e. The predicted octanol–water partition coefficient (Wildman–Crippen LogP) is 11.0. The van der Waals surface area contributed by atoms with Gasteiger partial charge in [-0.25, -0.2) is 0 Å². The molecule has 7 aromatic carbocycles. The number of hydrogen-bond acceptors (Lipinski definition) is 2. The van der Waals surface area contributed by atoms with E-state index in [4.69, 9.17) is 0 Å². The van der Waals surface area contributed by atoms with E-state index >= 15 is 0 Å². The van der Waals surface area contributed by atoms with Crippen LogP contribution in [-0.2, 0) is 0 Å². The van der Waals surface area contributed by atoms with Crippen molar-refractivity contribution < 1.29 is 0 Å². The van der Waals surface area contributed by atoms with E-state index in [1.807, 2.05) is 36.4 Å². The molecular weight excluding hydrogens is 585 g/mol. The van der Waals surface area contributed by atoms with Gasteiger partial charge in [0.2, 0.25) is 0 Å². The molecule has 2 heterocycles. The zero-order chi connectivity index (χ0) is 32.2. The maximum atomic E-state index is 10.4. The van der Waals surface area contributed by atoms with Gasteiger partial charge in [0.25, 0.3) is 0 Å². The van der Waals surface area contributed by atoms with Crippen LogP contribution in [0.2, 0.25) is 0 Å². The van der Waals surface area contributed by atoms with Crippen LogP contribution in [0.15, 0.2) is 158 Å². The molecule has 0 spiro atoms. The van der Waals surface area contributed by atoms with Crippen molar-refractivity contribution in [1.82, 2.24) is 9.13 Å². The minimum Gasteiger partial charge on any atom is -0.308 e. The van der Waals surface area contributed by atoms with Crippen LogP contribution in [0.1, 0.15) is 11.1 Å². The van der Waals surface area contributed by atoms with Crippen molar-refractivity contribution >= 4 is 43.6 Å².